The highest BCUT2D eigenvalue weighted by molar-refractivity contribution is 5.92. The van der Waals surface area contributed by atoms with Crippen molar-refractivity contribution in [3.8, 4) is 0 Å². The fraction of sp³-hybridized carbons (Fsp3) is 0.524. The monoisotopic (exact) mass is 353 g/mol. The van der Waals surface area contributed by atoms with Gasteiger partial charge in [0, 0.05) is 18.2 Å². The average molecular weight is 353 g/mol. The van der Waals surface area contributed by atoms with Crippen LogP contribution in [0, 0.1) is 0 Å². The van der Waals surface area contributed by atoms with Crippen molar-refractivity contribution in [1.29, 1.82) is 0 Å². The molecule has 2 heterocycles. The van der Waals surface area contributed by atoms with Gasteiger partial charge in [0.2, 0.25) is 0 Å². The zero-order chi connectivity index (χ0) is 18.0. The number of hydrogen-bond donors (Lipinski definition) is 1. The molecule has 1 aliphatic carbocycles. The molecule has 2 fully saturated rings. The minimum atomic E-state index is -0.475. The van der Waals surface area contributed by atoms with E-state index in [9.17, 15) is 4.79 Å². The third kappa shape index (κ3) is 3.40. The standard InChI is InChI=1S/C21H27N3O2/c1-21(17-10-6-3-7-11-17)15-24(12-13-26-21)20(25)19-14-18(22-23-19)16-8-4-2-5-9-16/h3,6-7,10-11,14,16H,2,4-5,8-9,12-13,15H2,1H3,(H,22,23). The Hall–Kier alpha value is -2.14. The summed E-state index contributed by atoms with van der Waals surface area (Å²) < 4.78 is 6.05. The fourth-order valence-corrected chi connectivity index (χ4v) is 4.24. The van der Waals surface area contributed by atoms with E-state index >= 15 is 0 Å². The number of ether oxygens (including phenoxy) is 1. The maximum absolute atomic E-state index is 13.0. The molecular formula is C21H27N3O2. The molecule has 1 atom stereocenters. The van der Waals surface area contributed by atoms with Gasteiger partial charge in [-0.3, -0.25) is 9.89 Å². The molecule has 1 aliphatic heterocycles. The lowest BCUT2D eigenvalue weighted by Crippen LogP contribution is -2.50. The summed E-state index contributed by atoms with van der Waals surface area (Å²) in [6.07, 6.45) is 6.25. The molecule has 2 aromatic rings. The number of benzene rings is 1. The summed E-state index contributed by atoms with van der Waals surface area (Å²) in [4.78, 5) is 14.9. The molecule has 138 valence electrons. The SMILES string of the molecule is CC1(c2ccccc2)CN(C(=O)c2cc(C3CCCCC3)[nH]n2)CCO1. The first-order valence-electron chi connectivity index (χ1n) is 9.70. The number of amides is 1. The third-order valence-corrected chi connectivity index (χ3v) is 5.81. The smallest absolute Gasteiger partial charge is 0.274 e. The fourth-order valence-electron chi connectivity index (χ4n) is 4.24. The van der Waals surface area contributed by atoms with Crippen LogP contribution in [0.1, 0.15) is 66.7 Å². The van der Waals surface area contributed by atoms with Crippen LogP contribution in [0.3, 0.4) is 0 Å². The van der Waals surface area contributed by atoms with Crippen molar-refractivity contribution in [2.24, 2.45) is 0 Å². The zero-order valence-corrected chi connectivity index (χ0v) is 15.4. The van der Waals surface area contributed by atoms with Gasteiger partial charge in [0.1, 0.15) is 11.3 Å². The highest BCUT2D eigenvalue weighted by atomic mass is 16.5. The number of nitrogens with one attached hydrogen (secondary N) is 1. The van der Waals surface area contributed by atoms with Crippen LogP contribution in [0.15, 0.2) is 36.4 Å². The number of morpholine rings is 1. The number of rotatable bonds is 3. The van der Waals surface area contributed by atoms with Gasteiger partial charge in [0.25, 0.3) is 5.91 Å². The lowest BCUT2D eigenvalue weighted by atomic mass is 9.87. The van der Waals surface area contributed by atoms with Gasteiger partial charge in [-0.15, -0.1) is 0 Å². The van der Waals surface area contributed by atoms with Gasteiger partial charge in [-0.25, -0.2) is 0 Å². The number of carbonyl (C=O) groups is 1. The van der Waals surface area contributed by atoms with Crippen LogP contribution in [-0.2, 0) is 10.3 Å². The lowest BCUT2D eigenvalue weighted by Gasteiger charge is -2.40. The summed E-state index contributed by atoms with van der Waals surface area (Å²) in [5, 5.41) is 7.45. The van der Waals surface area contributed by atoms with Crippen LogP contribution in [-0.4, -0.2) is 40.7 Å². The van der Waals surface area contributed by atoms with E-state index in [-0.39, 0.29) is 5.91 Å². The van der Waals surface area contributed by atoms with Crippen LogP contribution in [0.5, 0.6) is 0 Å². The molecule has 5 nitrogen and oxygen atoms in total. The Morgan fingerprint density at radius 2 is 2.00 bits per heavy atom. The van der Waals surface area contributed by atoms with E-state index in [0.29, 0.717) is 31.3 Å². The molecule has 1 saturated heterocycles. The van der Waals surface area contributed by atoms with E-state index in [2.05, 4.69) is 29.3 Å². The normalized spacial score (nSPS) is 24.6. The van der Waals surface area contributed by atoms with Crippen molar-refractivity contribution in [3.05, 3.63) is 53.3 Å². The van der Waals surface area contributed by atoms with E-state index in [1.54, 1.807) is 0 Å². The molecule has 2 aliphatic rings. The van der Waals surface area contributed by atoms with Crippen LogP contribution in [0.4, 0.5) is 0 Å². The Bertz CT molecular complexity index is 752. The number of hydrogen-bond acceptors (Lipinski definition) is 3. The predicted molar refractivity (Wildman–Crippen MR) is 100 cm³/mol. The molecule has 4 rings (SSSR count). The summed E-state index contributed by atoms with van der Waals surface area (Å²) in [5.41, 5.74) is 2.27. The number of aromatic amines is 1. The lowest BCUT2D eigenvalue weighted by molar-refractivity contribution is -0.0931. The van der Waals surface area contributed by atoms with E-state index in [1.807, 2.05) is 29.2 Å². The maximum atomic E-state index is 13.0. The molecule has 1 amide bonds. The molecule has 0 bridgehead atoms. The molecule has 0 spiro atoms. The Balaban J connectivity index is 1.48. The summed E-state index contributed by atoms with van der Waals surface area (Å²) in [7, 11) is 0. The van der Waals surface area contributed by atoms with E-state index in [0.717, 1.165) is 11.3 Å². The second-order valence-corrected chi connectivity index (χ2v) is 7.72. The van der Waals surface area contributed by atoms with Crippen LogP contribution >= 0.6 is 0 Å². The van der Waals surface area contributed by atoms with Crippen molar-refractivity contribution >= 4 is 5.91 Å². The summed E-state index contributed by atoms with van der Waals surface area (Å²) in [6.45, 7) is 3.74. The van der Waals surface area contributed by atoms with Gasteiger partial charge >= 0.3 is 0 Å². The first-order chi connectivity index (χ1) is 12.7. The minimum Gasteiger partial charge on any atom is -0.367 e. The second kappa shape index (κ2) is 7.23. The maximum Gasteiger partial charge on any atom is 0.274 e. The Labute approximate surface area is 154 Å². The Morgan fingerprint density at radius 3 is 2.77 bits per heavy atom. The number of carbonyl (C=O) groups excluding carboxylic acids is 1. The van der Waals surface area contributed by atoms with Crippen molar-refractivity contribution in [2.45, 2.75) is 50.5 Å². The van der Waals surface area contributed by atoms with Crippen molar-refractivity contribution in [2.75, 3.05) is 19.7 Å². The van der Waals surface area contributed by atoms with Gasteiger partial charge in [0.15, 0.2) is 0 Å². The first kappa shape index (κ1) is 17.3. The molecule has 1 unspecified atom stereocenters. The number of aromatic nitrogens is 2. The minimum absolute atomic E-state index is 0.00577. The van der Waals surface area contributed by atoms with Crippen LogP contribution < -0.4 is 0 Å². The largest absolute Gasteiger partial charge is 0.367 e. The zero-order valence-electron chi connectivity index (χ0n) is 15.4. The average Bonchev–Trinajstić information content (AvgIpc) is 3.19. The first-order valence-corrected chi connectivity index (χ1v) is 9.70. The third-order valence-electron chi connectivity index (χ3n) is 5.81. The van der Waals surface area contributed by atoms with Gasteiger partial charge < -0.3 is 9.64 Å². The van der Waals surface area contributed by atoms with E-state index in [4.69, 9.17) is 4.74 Å². The van der Waals surface area contributed by atoms with Gasteiger partial charge in [-0.2, -0.15) is 5.10 Å². The van der Waals surface area contributed by atoms with E-state index in [1.165, 1.54) is 32.1 Å². The quantitative estimate of drug-likeness (QED) is 0.912. The van der Waals surface area contributed by atoms with Crippen molar-refractivity contribution in [1.82, 2.24) is 15.1 Å². The van der Waals surface area contributed by atoms with Crippen LogP contribution in [0.25, 0.3) is 0 Å². The highest BCUT2D eigenvalue weighted by Crippen LogP contribution is 2.33. The molecule has 5 heteroatoms. The van der Waals surface area contributed by atoms with Gasteiger partial charge in [-0.05, 0) is 31.4 Å². The molecule has 1 N–H and O–H groups in total. The highest BCUT2D eigenvalue weighted by Gasteiger charge is 2.36. The molecule has 1 aromatic heterocycles. The predicted octanol–water partition coefficient (Wildman–Crippen LogP) is 3.85. The molecular weight excluding hydrogens is 326 g/mol. The molecule has 1 saturated carbocycles. The number of H-pyrrole nitrogens is 1. The Morgan fingerprint density at radius 1 is 1.23 bits per heavy atom. The topological polar surface area (TPSA) is 58.2 Å². The van der Waals surface area contributed by atoms with E-state index < -0.39 is 5.60 Å². The Kier molecular flexibility index (Phi) is 4.81. The second-order valence-electron chi connectivity index (χ2n) is 7.72. The summed E-state index contributed by atoms with van der Waals surface area (Å²) in [5.74, 6) is 0.519. The van der Waals surface area contributed by atoms with Gasteiger partial charge in [0.05, 0.1) is 13.2 Å². The van der Waals surface area contributed by atoms with Crippen molar-refractivity contribution in [3.63, 3.8) is 0 Å². The molecule has 0 radical (unpaired) electrons. The number of nitrogens with zero attached hydrogens (tertiary/aromatic N) is 2. The van der Waals surface area contributed by atoms with Crippen molar-refractivity contribution < 1.29 is 9.53 Å². The molecule has 1 aromatic carbocycles. The summed E-state index contributed by atoms with van der Waals surface area (Å²) >= 11 is 0. The van der Waals surface area contributed by atoms with Gasteiger partial charge in [-0.1, -0.05) is 49.6 Å². The molecule has 26 heavy (non-hydrogen) atoms. The van der Waals surface area contributed by atoms with Crippen LogP contribution in [0.2, 0.25) is 0 Å². The summed E-state index contributed by atoms with van der Waals surface area (Å²) in [6, 6.07) is 12.1.